The van der Waals surface area contributed by atoms with Crippen LogP contribution in [0.25, 0.3) is 0 Å². The van der Waals surface area contributed by atoms with E-state index in [1.807, 2.05) is 4.90 Å². The monoisotopic (exact) mass is 545 g/mol. The largest absolute Gasteiger partial charge is 0.459 e. The number of nitrogens with one attached hydrogen (secondary N) is 1. The Labute approximate surface area is 200 Å². The number of thiazole rings is 1. The van der Waals surface area contributed by atoms with Crippen LogP contribution in [-0.4, -0.2) is 65.9 Å². The van der Waals surface area contributed by atoms with Gasteiger partial charge in [0.2, 0.25) is 0 Å². The third kappa shape index (κ3) is 6.44. The summed E-state index contributed by atoms with van der Waals surface area (Å²) < 4.78 is 5.23. The van der Waals surface area contributed by atoms with Crippen molar-refractivity contribution in [1.82, 2.24) is 20.1 Å². The van der Waals surface area contributed by atoms with Crippen molar-refractivity contribution >= 4 is 47.2 Å². The second-order valence-corrected chi connectivity index (χ2v) is 9.06. The number of nitrogens with zero attached hydrogens (tertiary/aromatic N) is 4. The Kier molecular flexibility index (Phi) is 9.14. The highest BCUT2D eigenvalue weighted by atomic mass is 127. The number of guanidine groups is 1. The highest BCUT2D eigenvalue weighted by molar-refractivity contribution is 14.0. The van der Waals surface area contributed by atoms with E-state index in [0.717, 1.165) is 42.7 Å². The Bertz CT molecular complexity index is 821. The van der Waals surface area contributed by atoms with Crippen molar-refractivity contribution in [2.75, 3.05) is 39.3 Å². The van der Waals surface area contributed by atoms with Gasteiger partial charge in [-0.1, -0.05) is 20.8 Å². The van der Waals surface area contributed by atoms with E-state index >= 15 is 0 Å². The molecular weight excluding hydrogens is 513 g/mol. The van der Waals surface area contributed by atoms with Gasteiger partial charge in [0, 0.05) is 56.5 Å². The van der Waals surface area contributed by atoms with E-state index in [9.17, 15) is 4.79 Å². The molecule has 1 aliphatic rings. The van der Waals surface area contributed by atoms with E-state index in [1.54, 1.807) is 23.5 Å². The van der Waals surface area contributed by atoms with Gasteiger partial charge >= 0.3 is 0 Å². The van der Waals surface area contributed by atoms with Crippen molar-refractivity contribution in [3.8, 4) is 0 Å². The Morgan fingerprint density at radius 2 is 1.97 bits per heavy atom. The second kappa shape index (κ2) is 11.1. The molecule has 1 fully saturated rings. The Hall–Kier alpha value is -1.62. The standard InChI is InChI=1S/C21H31N5O2S.HI/c1-5-22-20(23-9-8-18-24-17(15-29-18)21(2,3)4)26-12-10-25(11-13-26)19(27)16-7-6-14-28-16;/h6-7,14-15H,5,8-13H2,1-4H3,(H,22,23);1H. The molecule has 0 unspecified atom stereocenters. The predicted molar refractivity (Wildman–Crippen MR) is 132 cm³/mol. The lowest BCUT2D eigenvalue weighted by atomic mass is 9.93. The third-order valence-corrected chi connectivity index (χ3v) is 5.75. The van der Waals surface area contributed by atoms with Gasteiger partial charge in [0.25, 0.3) is 5.91 Å². The first kappa shape index (κ1) is 24.6. The molecule has 0 radical (unpaired) electrons. The number of aromatic nitrogens is 1. The van der Waals surface area contributed by atoms with Crippen LogP contribution in [0.1, 0.15) is 49.0 Å². The average molecular weight is 545 g/mol. The minimum Gasteiger partial charge on any atom is -0.459 e. The number of halogens is 1. The Morgan fingerprint density at radius 3 is 2.53 bits per heavy atom. The van der Waals surface area contributed by atoms with Crippen molar-refractivity contribution in [1.29, 1.82) is 0 Å². The summed E-state index contributed by atoms with van der Waals surface area (Å²) in [5, 5.41) is 6.66. The van der Waals surface area contributed by atoms with Crippen LogP contribution in [0.2, 0.25) is 0 Å². The molecule has 0 bridgehead atoms. The predicted octanol–water partition coefficient (Wildman–Crippen LogP) is 3.62. The molecule has 1 amide bonds. The molecule has 166 valence electrons. The maximum Gasteiger partial charge on any atom is 0.289 e. The molecule has 0 aromatic carbocycles. The van der Waals surface area contributed by atoms with Gasteiger partial charge in [-0.05, 0) is 19.1 Å². The number of rotatable bonds is 5. The van der Waals surface area contributed by atoms with Crippen LogP contribution in [-0.2, 0) is 11.8 Å². The summed E-state index contributed by atoms with van der Waals surface area (Å²) in [4.78, 5) is 26.0. The molecule has 0 saturated carbocycles. The van der Waals surface area contributed by atoms with Gasteiger partial charge in [-0.2, -0.15) is 0 Å². The number of furan rings is 1. The van der Waals surface area contributed by atoms with Gasteiger partial charge in [-0.15, -0.1) is 35.3 Å². The van der Waals surface area contributed by atoms with Crippen LogP contribution in [0, 0.1) is 0 Å². The van der Waals surface area contributed by atoms with Gasteiger partial charge in [-0.25, -0.2) is 4.98 Å². The van der Waals surface area contributed by atoms with Gasteiger partial charge in [0.1, 0.15) is 0 Å². The number of hydrogen-bond acceptors (Lipinski definition) is 5. The molecule has 1 N–H and O–H groups in total. The van der Waals surface area contributed by atoms with Crippen LogP contribution >= 0.6 is 35.3 Å². The molecule has 1 saturated heterocycles. The summed E-state index contributed by atoms with van der Waals surface area (Å²) in [6, 6.07) is 3.45. The topological polar surface area (TPSA) is 74.0 Å². The molecule has 9 heteroatoms. The molecule has 0 aliphatic carbocycles. The summed E-state index contributed by atoms with van der Waals surface area (Å²) in [5.74, 6) is 1.26. The van der Waals surface area contributed by atoms with Gasteiger partial charge < -0.3 is 19.5 Å². The Morgan fingerprint density at radius 1 is 1.27 bits per heavy atom. The third-order valence-electron chi connectivity index (χ3n) is 4.84. The van der Waals surface area contributed by atoms with Crippen LogP contribution in [0.3, 0.4) is 0 Å². The minimum atomic E-state index is -0.0463. The fraction of sp³-hybridized carbons (Fsp3) is 0.571. The van der Waals surface area contributed by atoms with Crippen molar-refractivity contribution in [3.63, 3.8) is 0 Å². The zero-order valence-electron chi connectivity index (χ0n) is 18.2. The molecule has 0 spiro atoms. The van der Waals surface area contributed by atoms with E-state index in [-0.39, 0.29) is 35.3 Å². The van der Waals surface area contributed by atoms with E-state index < -0.39 is 0 Å². The zero-order valence-corrected chi connectivity index (χ0v) is 21.3. The van der Waals surface area contributed by atoms with Gasteiger partial charge in [0.15, 0.2) is 11.7 Å². The molecule has 7 nitrogen and oxygen atoms in total. The van der Waals surface area contributed by atoms with Crippen molar-refractivity contribution in [2.24, 2.45) is 4.99 Å². The van der Waals surface area contributed by atoms with Crippen molar-refractivity contribution in [2.45, 2.75) is 39.5 Å². The van der Waals surface area contributed by atoms with Crippen molar-refractivity contribution in [3.05, 3.63) is 40.2 Å². The molecule has 30 heavy (non-hydrogen) atoms. The molecular formula is C21H32IN5O2S. The fourth-order valence-electron chi connectivity index (χ4n) is 3.13. The highest BCUT2D eigenvalue weighted by Gasteiger charge is 2.25. The Balaban J connectivity index is 0.00000320. The molecule has 2 aromatic rings. The first-order valence-corrected chi connectivity index (χ1v) is 11.1. The summed E-state index contributed by atoms with van der Waals surface area (Å²) in [5.41, 5.74) is 1.23. The molecule has 3 rings (SSSR count). The van der Waals surface area contributed by atoms with E-state index in [2.05, 4.69) is 43.3 Å². The van der Waals surface area contributed by atoms with Crippen LogP contribution in [0.5, 0.6) is 0 Å². The number of carbonyl (C=O) groups excluding carboxylic acids is 1. The molecule has 0 atom stereocenters. The number of piperazine rings is 1. The molecule has 1 aliphatic heterocycles. The molecule has 3 heterocycles. The van der Waals surface area contributed by atoms with Gasteiger partial charge in [-0.3, -0.25) is 9.79 Å². The summed E-state index contributed by atoms with van der Waals surface area (Å²) in [6.07, 6.45) is 2.37. The number of amides is 1. The smallest absolute Gasteiger partial charge is 0.289 e. The zero-order chi connectivity index (χ0) is 20.9. The maximum absolute atomic E-state index is 12.4. The number of aliphatic imine (C=N–C) groups is 1. The minimum absolute atomic E-state index is 0. The lowest BCUT2D eigenvalue weighted by molar-refractivity contribution is 0.0657. The average Bonchev–Trinajstić information content (AvgIpc) is 3.39. The van der Waals surface area contributed by atoms with Crippen LogP contribution in [0.4, 0.5) is 0 Å². The highest BCUT2D eigenvalue weighted by Crippen LogP contribution is 2.24. The fourth-order valence-corrected chi connectivity index (χ4v) is 4.15. The first-order chi connectivity index (χ1) is 13.9. The lowest BCUT2D eigenvalue weighted by Gasteiger charge is -2.36. The van der Waals surface area contributed by atoms with Crippen LogP contribution in [0.15, 0.2) is 33.2 Å². The summed E-state index contributed by atoms with van der Waals surface area (Å²) in [6.45, 7) is 13.0. The number of hydrogen-bond donors (Lipinski definition) is 1. The van der Waals surface area contributed by atoms with E-state index in [1.165, 1.54) is 6.26 Å². The van der Waals surface area contributed by atoms with Crippen LogP contribution < -0.4 is 5.32 Å². The first-order valence-electron chi connectivity index (χ1n) is 10.2. The number of carbonyl (C=O) groups is 1. The molecule has 2 aromatic heterocycles. The second-order valence-electron chi connectivity index (χ2n) is 8.12. The quantitative estimate of drug-likeness (QED) is 0.353. The maximum atomic E-state index is 12.4. The van der Waals surface area contributed by atoms with E-state index in [4.69, 9.17) is 14.4 Å². The van der Waals surface area contributed by atoms with Crippen molar-refractivity contribution < 1.29 is 9.21 Å². The SMILES string of the molecule is CCNC(=NCCc1nc(C(C)(C)C)cs1)N1CCN(C(=O)c2ccco2)CC1.I. The summed E-state index contributed by atoms with van der Waals surface area (Å²) in [7, 11) is 0. The van der Waals surface area contributed by atoms with E-state index in [0.29, 0.717) is 25.4 Å². The lowest BCUT2D eigenvalue weighted by Crippen LogP contribution is -2.53. The normalized spacial score (nSPS) is 15.1. The summed E-state index contributed by atoms with van der Waals surface area (Å²) >= 11 is 1.71. The van der Waals surface area contributed by atoms with Gasteiger partial charge in [0.05, 0.1) is 17.0 Å².